The van der Waals surface area contributed by atoms with Crippen LogP contribution in [0.4, 0.5) is 10.1 Å². The topological polar surface area (TPSA) is 66.8 Å². The second-order valence-electron chi connectivity index (χ2n) is 5.68. The second kappa shape index (κ2) is 8.72. The largest absolute Gasteiger partial charge is 0.493 e. The third kappa shape index (κ3) is 4.70. The number of rotatable bonds is 6. The molecule has 1 aliphatic rings. The van der Waals surface area contributed by atoms with Crippen molar-refractivity contribution in [2.24, 2.45) is 0 Å². The number of halogens is 2. The number of hydrogen-bond acceptors (Lipinski definition) is 5. The maximum Gasteiger partial charge on any atom is 0.306 e. The minimum atomic E-state index is -0.944. The van der Waals surface area contributed by atoms with Gasteiger partial charge in [0.1, 0.15) is 11.6 Å². The number of amides is 1. The van der Waals surface area contributed by atoms with Crippen molar-refractivity contribution in [3.05, 3.63) is 63.8 Å². The molecule has 2 aromatic rings. The summed E-state index contributed by atoms with van der Waals surface area (Å²) in [5.41, 5.74) is 1.09. The van der Waals surface area contributed by atoms with Gasteiger partial charge in [-0.25, -0.2) is 4.39 Å². The van der Waals surface area contributed by atoms with Crippen LogP contribution in [0, 0.1) is 5.82 Å². The van der Waals surface area contributed by atoms with E-state index >= 15 is 0 Å². The van der Waals surface area contributed by atoms with E-state index in [9.17, 15) is 14.0 Å². The predicted octanol–water partition coefficient (Wildman–Crippen LogP) is 4.74. The number of aliphatic carboxylic acids is 1. The molecular weight excluding hydrogens is 425 g/mol. The van der Waals surface area contributed by atoms with Gasteiger partial charge in [0.2, 0.25) is 0 Å². The first-order valence-corrected chi connectivity index (χ1v) is 9.63. The number of carboxylic acid groups (broad SMARTS) is 1. The van der Waals surface area contributed by atoms with Gasteiger partial charge in [0.15, 0.2) is 4.32 Å². The summed E-state index contributed by atoms with van der Waals surface area (Å²) < 4.78 is 19.1. The fourth-order valence-corrected chi connectivity index (χ4v) is 3.89. The molecule has 0 aliphatic carbocycles. The molecule has 2 aromatic carbocycles. The fraction of sp³-hybridized carbons (Fsp3) is 0.105. The monoisotopic (exact) mass is 437 g/mol. The molecule has 0 atom stereocenters. The fourth-order valence-electron chi connectivity index (χ4n) is 2.42. The molecule has 28 heavy (non-hydrogen) atoms. The van der Waals surface area contributed by atoms with Crippen molar-refractivity contribution in [1.82, 2.24) is 0 Å². The minimum absolute atomic E-state index is 0.0478. The Morgan fingerprint density at radius 3 is 2.82 bits per heavy atom. The molecule has 1 saturated heterocycles. The molecule has 0 aromatic heterocycles. The van der Waals surface area contributed by atoms with E-state index in [2.05, 4.69) is 0 Å². The molecule has 0 unspecified atom stereocenters. The van der Waals surface area contributed by atoms with Gasteiger partial charge in [-0.1, -0.05) is 47.7 Å². The lowest BCUT2D eigenvalue weighted by Crippen LogP contribution is -2.27. The summed E-state index contributed by atoms with van der Waals surface area (Å²) in [5, 5.41) is 8.57. The van der Waals surface area contributed by atoms with Gasteiger partial charge in [-0.3, -0.25) is 14.5 Å². The lowest BCUT2D eigenvalue weighted by atomic mass is 10.2. The van der Waals surface area contributed by atoms with Crippen LogP contribution in [0.2, 0.25) is 5.02 Å². The average molecular weight is 438 g/mol. The Morgan fingerprint density at radius 1 is 1.32 bits per heavy atom. The number of nitrogens with zero attached hydrogens (tertiary/aromatic N) is 1. The lowest BCUT2D eigenvalue weighted by Gasteiger charge is -2.14. The zero-order valence-electron chi connectivity index (χ0n) is 14.2. The van der Waals surface area contributed by atoms with Gasteiger partial charge in [-0.2, -0.15) is 0 Å². The van der Waals surface area contributed by atoms with Gasteiger partial charge in [-0.05, 0) is 42.0 Å². The van der Waals surface area contributed by atoms with Crippen molar-refractivity contribution < 1.29 is 23.8 Å². The highest BCUT2D eigenvalue weighted by atomic mass is 35.5. The SMILES string of the molecule is O=C(O)CCOc1cccc(/C=C2/SC(=S)N(c3ccc(F)c(Cl)c3)C2=O)c1. The Kier molecular flexibility index (Phi) is 6.33. The smallest absolute Gasteiger partial charge is 0.306 e. The van der Waals surface area contributed by atoms with Crippen LogP contribution in [0.5, 0.6) is 5.75 Å². The van der Waals surface area contributed by atoms with Crippen molar-refractivity contribution in [2.45, 2.75) is 6.42 Å². The molecule has 0 spiro atoms. The number of anilines is 1. The van der Waals surface area contributed by atoms with Crippen LogP contribution in [-0.4, -0.2) is 27.9 Å². The summed E-state index contributed by atoms with van der Waals surface area (Å²) in [5.74, 6) is -1.36. The van der Waals surface area contributed by atoms with E-state index < -0.39 is 11.8 Å². The van der Waals surface area contributed by atoms with E-state index in [1.165, 1.54) is 23.1 Å². The summed E-state index contributed by atoms with van der Waals surface area (Å²) in [6, 6.07) is 10.9. The number of carboxylic acids is 1. The molecule has 1 fully saturated rings. The van der Waals surface area contributed by atoms with E-state index in [1.807, 2.05) is 0 Å². The average Bonchev–Trinajstić information content (AvgIpc) is 2.91. The van der Waals surface area contributed by atoms with Crippen LogP contribution >= 0.6 is 35.6 Å². The normalized spacial score (nSPS) is 15.4. The van der Waals surface area contributed by atoms with Crippen molar-refractivity contribution in [3.63, 3.8) is 0 Å². The molecule has 5 nitrogen and oxygen atoms in total. The number of hydrogen-bond donors (Lipinski definition) is 1. The molecule has 0 bridgehead atoms. The summed E-state index contributed by atoms with van der Waals surface area (Å²) in [4.78, 5) is 25.0. The third-order valence-corrected chi connectivity index (χ3v) is 5.29. The number of carbonyl (C=O) groups excluding carboxylic acids is 1. The van der Waals surface area contributed by atoms with Crippen LogP contribution in [0.1, 0.15) is 12.0 Å². The van der Waals surface area contributed by atoms with Crippen molar-refractivity contribution in [1.29, 1.82) is 0 Å². The Labute approximate surface area is 174 Å². The van der Waals surface area contributed by atoms with Gasteiger partial charge < -0.3 is 9.84 Å². The first-order valence-electron chi connectivity index (χ1n) is 8.03. The lowest BCUT2D eigenvalue weighted by molar-refractivity contribution is -0.137. The number of benzene rings is 2. The van der Waals surface area contributed by atoms with E-state index in [0.29, 0.717) is 26.2 Å². The number of thioether (sulfide) groups is 1. The van der Waals surface area contributed by atoms with E-state index in [4.69, 9.17) is 33.7 Å². The van der Waals surface area contributed by atoms with Crippen LogP contribution in [0.3, 0.4) is 0 Å². The highest BCUT2D eigenvalue weighted by molar-refractivity contribution is 8.27. The summed E-state index contributed by atoms with van der Waals surface area (Å²) in [6.07, 6.45) is 1.55. The highest BCUT2D eigenvalue weighted by Crippen LogP contribution is 2.37. The maximum atomic E-state index is 13.4. The first-order chi connectivity index (χ1) is 13.3. The standard InChI is InChI=1S/C19H13ClFNO4S2/c20-14-10-12(4-5-15(14)21)22-18(25)16(28-19(22)27)9-11-2-1-3-13(8-11)26-7-6-17(23)24/h1-5,8-10H,6-7H2,(H,23,24)/b16-9+. The van der Waals surface area contributed by atoms with Crippen LogP contribution in [-0.2, 0) is 9.59 Å². The summed E-state index contributed by atoms with van der Waals surface area (Å²) >= 11 is 12.2. The minimum Gasteiger partial charge on any atom is -0.493 e. The Bertz CT molecular complexity index is 996. The number of thiocarbonyl (C=S) groups is 1. The highest BCUT2D eigenvalue weighted by Gasteiger charge is 2.33. The van der Waals surface area contributed by atoms with Crippen molar-refractivity contribution in [2.75, 3.05) is 11.5 Å². The third-order valence-electron chi connectivity index (χ3n) is 3.70. The molecule has 0 saturated carbocycles. The van der Waals surface area contributed by atoms with Gasteiger partial charge in [0.05, 0.1) is 28.6 Å². The van der Waals surface area contributed by atoms with E-state index in [0.717, 1.165) is 11.8 Å². The van der Waals surface area contributed by atoms with Crippen molar-refractivity contribution >= 4 is 63.5 Å². The molecule has 3 rings (SSSR count). The molecule has 1 amide bonds. The Morgan fingerprint density at radius 2 is 2.11 bits per heavy atom. The molecule has 9 heteroatoms. The maximum absolute atomic E-state index is 13.4. The van der Waals surface area contributed by atoms with E-state index in [-0.39, 0.29) is 24.0 Å². The zero-order chi connectivity index (χ0) is 20.3. The Balaban J connectivity index is 1.80. The quantitative estimate of drug-likeness (QED) is 0.520. The molecule has 0 radical (unpaired) electrons. The second-order valence-corrected chi connectivity index (χ2v) is 7.76. The number of ether oxygens (including phenoxy) is 1. The Hall–Kier alpha value is -2.42. The zero-order valence-corrected chi connectivity index (χ0v) is 16.6. The first kappa shape index (κ1) is 20.3. The molecule has 1 heterocycles. The van der Waals surface area contributed by atoms with E-state index in [1.54, 1.807) is 30.3 Å². The van der Waals surface area contributed by atoms with Gasteiger partial charge in [-0.15, -0.1) is 0 Å². The summed E-state index contributed by atoms with van der Waals surface area (Å²) in [7, 11) is 0. The van der Waals surface area contributed by atoms with Gasteiger partial charge in [0, 0.05) is 0 Å². The summed E-state index contributed by atoms with van der Waals surface area (Å²) in [6.45, 7) is 0.0478. The van der Waals surface area contributed by atoms with Crippen LogP contribution in [0.25, 0.3) is 6.08 Å². The molecule has 144 valence electrons. The van der Waals surface area contributed by atoms with Crippen LogP contribution < -0.4 is 9.64 Å². The van der Waals surface area contributed by atoms with Crippen molar-refractivity contribution in [3.8, 4) is 5.75 Å². The molecule has 1 N–H and O–H groups in total. The van der Waals surface area contributed by atoms with Gasteiger partial charge >= 0.3 is 5.97 Å². The predicted molar refractivity (Wildman–Crippen MR) is 111 cm³/mol. The van der Waals surface area contributed by atoms with Crippen LogP contribution in [0.15, 0.2) is 47.4 Å². The molecular formula is C19H13ClFNO4S2. The number of carbonyl (C=O) groups is 2. The van der Waals surface area contributed by atoms with Gasteiger partial charge in [0.25, 0.3) is 5.91 Å². The molecule has 1 aliphatic heterocycles.